The van der Waals surface area contributed by atoms with E-state index in [1.165, 1.54) is 0 Å². The fourth-order valence-corrected chi connectivity index (χ4v) is 2.39. The highest BCUT2D eigenvalue weighted by Crippen LogP contribution is 2.23. The van der Waals surface area contributed by atoms with Crippen LogP contribution in [-0.4, -0.2) is 25.9 Å². The standard InChI is InChI=1S/C9H12O6S2/c1-6(2)7-3-8(16(10,11)12)5-9(4-7)17(13,14)15/h3-6H,1-2H3,(H,10,11,12)(H,13,14,15)/p-2. The van der Waals surface area contributed by atoms with Gasteiger partial charge >= 0.3 is 0 Å². The molecule has 1 aromatic carbocycles. The summed E-state index contributed by atoms with van der Waals surface area (Å²) < 4.78 is 65.0. The molecular formula is C9H10O6S2-2. The van der Waals surface area contributed by atoms with E-state index >= 15 is 0 Å². The predicted molar refractivity (Wildman–Crippen MR) is 56.5 cm³/mol. The second-order valence-corrected chi connectivity index (χ2v) is 6.56. The highest BCUT2D eigenvalue weighted by molar-refractivity contribution is 7.86. The van der Waals surface area contributed by atoms with Crippen LogP contribution in [0.5, 0.6) is 0 Å². The molecule has 0 aliphatic rings. The molecule has 0 saturated heterocycles. The molecule has 0 N–H and O–H groups in total. The lowest BCUT2D eigenvalue weighted by atomic mass is 10.0. The summed E-state index contributed by atoms with van der Waals surface area (Å²) in [6.45, 7) is 3.36. The molecule has 17 heavy (non-hydrogen) atoms. The summed E-state index contributed by atoms with van der Waals surface area (Å²) >= 11 is 0. The van der Waals surface area contributed by atoms with Crippen molar-refractivity contribution in [2.24, 2.45) is 0 Å². The van der Waals surface area contributed by atoms with Gasteiger partial charge in [-0.05, 0) is 29.7 Å². The van der Waals surface area contributed by atoms with Gasteiger partial charge in [0.2, 0.25) is 0 Å². The van der Waals surface area contributed by atoms with Crippen LogP contribution in [-0.2, 0) is 20.2 Å². The maximum atomic E-state index is 10.8. The average molecular weight is 278 g/mol. The number of benzene rings is 1. The Kier molecular flexibility index (Phi) is 3.63. The Balaban J connectivity index is 3.62. The van der Waals surface area contributed by atoms with Crippen LogP contribution >= 0.6 is 0 Å². The molecule has 0 saturated carbocycles. The van der Waals surface area contributed by atoms with E-state index in [1.807, 2.05) is 0 Å². The minimum absolute atomic E-state index is 0.211. The fourth-order valence-electron chi connectivity index (χ4n) is 1.22. The molecular weight excluding hydrogens is 268 g/mol. The van der Waals surface area contributed by atoms with Gasteiger partial charge in [-0.25, -0.2) is 16.8 Å². The zero-order chi connectivity index (χ0) is 13.4. The van der Waals surface area contributed by atoms with E-state index in [-0.39, 0.29) is 5.92 Å². The Labute approximate surface area is 99.8 Å². The molecule has 0 aliphatic heterocycles. The zero-order valence-corrected chi connectivity index (χ0v) is 10.7. The van der Waals surface area contributed by atoms with Gasteiger partial charge in [-0.1, -0.05) is 13.8 Å². The molecule has 0 radical (unpaired) electrons. The van der Waals surface area contributed by atoms with Crippen molar-refractivity contribution in [3.05, 3.63) is 23.8 Å². The second kappa shape index (κ2) is 4.37. The lowest BCUT2D eigenvalue weighted by Gasteiger charge is -2.15. The molecule has 8 heteroatoms. The molecule has 0 heterocycles. The van der Waals surface area contributed by atoms with Crippen molar-refractivity contribution in [1.29, 1.82) is 0 Å². The van der Waals surface area contributed by atoms with Crippen LogP contribution in [0, 0.1) is 0 Å². The van der Waals surface area contributed by atoms with Crippen molar-refractivity contribution in [3.63, 3.8) is 0 Å². The van der Waals surface area contributed by atoms with Gasteiger partial charge in [0.25, 0.3) is 0 Å². The van der Waals surface area contributed by atoms with Crippen molar-refractivity contribution in [2.45, 2.75) is 29.6 Å². The summed E-state index contributed by atoms with van der Waals surface area (Å²) in [6, 6.07) is 2.72. The minimum atomic E-state index is -4.79. The van der Waals surface area contributed by atoms with Gasteiger partial charge in [0.05, 0.1) is 9.79 Å². The number of rotatable bonds is 3. The van der Waals surface area contributed by atoms with Crippen LogP contribution in [0.1, 0.15) is 25.3 Å². The van der Waals surface area contributed by atoms with Crippen molar-refractivity contribution in [1.82, 2.24) is 0 Å². The van der Waals surface area contributed by atoms with Gasteiger partial charge in [-0.2, -0.15) is 0 Å². The van der Waals surface area contributed by atoms with Crippen molar-refractivity contribution in [2.75, 3.05) is 0 Å². The Morgan fingerprint density at radius 2 is 1.24 bits per heavy atom. The van der Waals surface area contributed by atoms with E-state index in [4.69, 9.17) is 0 Å². The van der Waals surface area contributed by atoms with E-state index in [9.17, 15) is 25.9 Å². The van der Waals surface area contributed by atoms with Crippen molar-refractivity contribution < 1.29 is 25.9 Å². The highest BCUT2D eigenvalue weighted by atomic mass is 32.2. The van der Waals surface area contributed by atoms with E-state index in [0.717, 1.165) is 12.1 Å². The molecule has 0 amide bonds. The smallest absolute Gasteiger partial charge is 0.124 e. The van der Waals surface area contributed by atoms with Crippen molar-refractivity contribution >= 4 is 20.2 Å². The Bertz CT molecular complexity index is 577. The number of hydrogen-bond acceptors (Lipinski definition) is 6. The molecule has 0 fully saturated rings. The fraction of sp³-hybridized carbons (Fsp3) is 0.333. The molecule has 0 bridgehead atoms. The van der Waals surface area contributed by atoms with Crippen LogP contribution in [0.3, 0.4) is 0 Å². The monoisotopic (exact) mass is 278 g/mol. The van der Waals surface area contributed by atoms with Gasteiger partial charge in [-0.3, -0.25) is 0 Å². The van der Waals surface area contributed by atoms with Crippen molar-refractivity contribution in [3.8, 4) is 0 Å². The Hall–Kier alpha value is -0.960. The molecule has 0 unspecified atom stereocenters. The van der Waals surface area contributed by atoms with Gasteiger partial charge < -0.3 is 9.11 Å². The third-order valence-corrected chi connectivity index (χ3v) is 3.77. The second-order valence-electron chi connectivity index (χ2n) is 3.80. The van der Waals surface area contributed by atoms with Crippen LogP contribution in [0.2, 0.25) is 0 Å². The largest absolute Gasteiger partial charge is 0.744 e. The van der Waals surface area contributed by atoms with Gasteiger partial charge in [0, 0.05) is 0 Å². The maximum absolute atomic E-state index is 10.8. The molecule has 0 spiro atoms. The first kappa shape index (κ1) is 14.1. The quantitative estimate of drug-likeness (QED) is 0.748. The summed E-state index contributed by atoms with van der Waals surface area (Å²) in [5, 5.41) is 0. The Morgan fingerprint density at radius 3 is 1.47 bits per heavy atom. The molecule has 1 rings (SSSR count). The van der Waals surface area contributed by atoms with Crippen LogP contribution in [0.15, 0.2) is 28.0 Å². The molecule has 1 aromatic rings. The number of hydrogen-bond donors (Lipinski definition) is 0. The lowest BCUT2D eigenvalue weighted by molar-refractivity contribution is 0.460. The third-order valence-electron chi connectivity index (χ3n) is 2.15. The summed E-state index contributed by atoms with van der Waals surface area (Å²) in [4.78, 5) is -1.42. The lowest BCUT2D eigenvalue weighted by Crippen LogP contribution is -2.06. The first-order chi connectivity index (χ1) is 7.51. The highest BCUT2D eigenvalue weighted by Gasteiger charge is 2.11. The summed E-state index contributed by atoms with van der Waals surface area (Å²) in [5.74, 6) is -0.211. The molecule has 0 aromatic heterocycles. The van der Waals surface area contributed by atoms with Crippen LogP contribution < -0.4 is 0 Å². The Morgan fingerprint density at radius 1 is 0.882 bits per heavy atom. The molecule has 6 nitrogen and oxygen atoms in total. The normalized spacial score (nSPS) is 13.0. The molecule has 96 valence electrons. The first-order valence-corrected chi connectivity index (χ1v) is 7.40. The van der Waals surface area contributed by atoms with Gasteiger partial charge in [0.15, 0.2) is 0 Å². The zero-order valence-electron chi connectivity index (χ0n) is 9.08. The first-order valence-electron chi connectivity index (χ1n) is 4.58. The predicted octanol–water partition coefficient (Wildman–Crippen LogP) is 0.618. The summed E-state index contributed by atoms with van der Waals surface area (Å²) in [5.41, 5.74) is 0.302. The van der Waals surface area contributed by atoms with Crippen LogP contribution in [0.25, 0.3) is 0 Å². The minimum Gasteiger partial charge on any atom is -0.744 e. The topological polar surface area (TPSA) is 114 Å². The molecule has 0 aliphatic carbocycles. The van der Waals surface area contributed by atoms with Gasteiger partial charge in [0.1, 0.15) is 20.2 Å². The van der Waals surface area contributed by atoms with E-state index in [1.54, 1.807) is 13.8 Å². The van der Waals surface area contributed by atoms with E-state index in [0.29, 0.717) is 11.6 Å². The third kappa shape index (κ3) is 3.50. The average Bonchev–Trinajstić information content (AvgIpc) is 2.14. The molecule has 0 atom stereocenters. The maximum Gasteiger partial charge on any atom is 0.124 e. The van der Waals surface area contributed by atoms with E-state index in [2.05, 4.69) is 0 Å². The summed E-state index contributed by atoms with van der Waals surface area (Å²) in [6.07, 6.45) is 0. The SMILES string of the molecule is CC(C)c1cc(S(=O)(=O)[O-])cc(S(=O)(=O)[O-])c1. The van der Waals surface area contributed by atoms with E-state index < -0.39 is 30.0 Å². The summed E-state index contributed by atoms with van der Waals surface area (Å²) in [7, 11) is -9.59. The van der Waals surface area contributed by atoms with Crippen LogP contribution in [0.4, 0.5) is 0 Å². The van der Waals surface area contributed by atoms with Gasteiger partial charge in [-0.15, -0.1) is 0 Å².